The summed E-state index contributed by atoms with van der Waals surface area (Å²) in [6.07, 6.45) is 0.491. The number of primary amides is 1. The third-order valence-electron chi connectivity index (χ3n) is 5.64. The van der Waals surface area contributed by atoms with Gasteiger partial charge in [0.05, 0.1) is 18.0 Å². The third-order valence-corrected chi connectivity index (χ3v) is 7.11. The quantitative estimate of drug-likeness (QED) is 0.331. The number of sulfonamides is 1. The van der Waals surface area contributed by atoms with Gasteiger partial charge in [0.25, 0.3) is 0 Å². The van der Waals surface area contributed by atoms with Crippen LogP contribution in [0, 0.1) is 5.41 Å². The SMILES string of the molecule is COC(=O)N(CC(NS(=O)(=O)c1ccc2ccccc2c1)C(N)=O)[C@@H]1CCCN(C(=N)N)C1. The Bertz CT molecular complexity index is 1150. The van der Waals surface area contributed by atoms with Gasteiger partial charge in [0.15, 0.2) is 5.96 Å². The van der Waals surface area contributed by atoms with Crippen LogP contribution in [0.25, 0.3) is 10.8 Å². The molecule has 0 radical (unpaired) electrons. The highest BCUT2D eigenvalue weighted by Gasteiger charge is 2.34. The molecule has 3 rings (SSSR count). The van der Waals surface area contributed by atoms with Gasteiger partial charge in [-0.15, -0.1) is 0 Å². The van der Waals surface area contributed by atoms with Crippen molar-refractivity contribution in [2.24, 2.45) is 11.5 Å². The highest BCUT2D eigenvalue weighted by atomic mass is 32.2. The molecular formula is C21H28N6O5S. The second kappa shape index (κ2) is 10.0. The van der Waals surface area contributed by atoms with E-state index in [1.165, 1.54) is 24.1 Å². The van der Waals surface area contributed by atoms with Gasteiger partial charge >= 0.3 is 6.09 Å². The van der Waals surface area contributed by atoms with Crippen molar-refractivity contribution >= 4 is 38.8 Å². The van der Waals surface area contributed by atoms with Crippen molar-refractivity contribution in [3.8, 4) is 0 Å². The number of nitrogens with zero attached hydrogens (tertiary/aromatic N) is 2. The molecule has 2 aromatic carbocycles. The average Bonchev–Trinajstić information content (AvgIpc) is 2.80. The summed E-state index contributed by atoms with van der Waals surface area (Å²) in [5.41, 5.74) is 11.1. The van der Waals surface area contributed by atoms with Crippen LogP contribution in [-0.2, 0) is 19.6 Å². The summed E-state index contributed by atoms with van der Waals surface area (Å²) < 4.78 is 33.2. The van der Waals surface area contributed by atoms with E-state index in [1.54, 1.807) is 23.1 Å². The average molecular weight is 477 g/mol. The number of hydrogen-bond acceptors (Lipinski definition) is 6. The third kappa shape index (κ3) is 5.71. The molecule has 1 aliphatic heterocycles. The number of benzene rings is 2. The number of methoxy groups -OCH3 is 1. The molecule has 33 heavy (non-hydrogen) atoms. The Kier molecular flexibility index (Phi) is 7.39. The summed E-state index contributed by atoms with van der Waals surface area (Å²) in [7, 11) is -2.93. The molecule has 6 N–H and O–H groups in total. The fourth-order valence-corrected chi connectivity index (χ4v) is 5.12. The van der Waals surface area contributed by atoms with Crippen LogP contribution in [0.4, 0.5) is 4.79 Å². The van der Waals surface area contributed by atoms with Crippen LogP contribution in [0.2, 0.25) is 0 Å². The lowest BCUT2D eigenvalue weighted by molar-refractivity contribution is -0.120. The van der Waals surface area contributed by atoms with Crippen LogP contribution in [0.5, 0.6) is 0 Å². The number of carbonyl (C=O) groups excluding carboxylic acids is 2. The Balaban J connectivity index is 1.84. The Hall–Kier alpha value is -3.38. The molecule has 11 nitrogen and oxygen atoms in total. The maximum absolute atomic E-state index is 13.0. The van der Waals surface area contributed by atoms with Gasteiger partial charge in [-0.25, -0.2) is 13.2 Å². The van der Waals surface area contributed by atoms with Crippen LogP contribution in [0.15, 0.2) is 47.4 Å². The molecule has 2 atom stereocenters. The van der Waals surface area contributed by atoms with Crippen LogP contribution in [-0.4, -0.2) is 75.0 Å². The van der Waals surface area contributed by atoms with E-state index in [0.717, 1.165) is 10.8 Å². The van der Waals surface area contributed by atoms with Gasteiger partial charge in [0.1, 0.15) is 6.04 Å². The van der Waals surface area contributed by atoms with Gasteiger partial charge in [-0.1, -0.05) is 30.3 Å². The summed E-state index contributed by atoms with van der Waals surface area (Å²) in [4.78, 5) is 27.5. The molecule has 2 aromatic rings. The lowest BCUT2D eigenvalue weighted by Gasteiger charge is -2.39. The van der Waals surface area contributed by atoms with Crippen LogP contribution < -0.4 is 16.2 Å². The van der Waals surface area contributed by atoms with E-state index in [2.05, 4.69) is 4.72 Å². The Morgan fingerprint density at radius 1 is 1.24 bits per heavy atom. The first-order valence-electron chi connectivity index (χ1n) is 10.4. The second-order valence-electron chi connectivity index (χ2n) is 7.83. The minimum absolute atomic E-state index is 0.0301. The number of guanidine groups is 1. The van der Waals surface area contributed by atoms with Crippen molar-refractivity contribution < 1.29 is 22.7 Å². The normalized spacial score (nSPS) is 17.4. The monoisotopic (exact) mass is 476 g/mol. The number of rotatable bonds is 7. The Morgan fingerprint density at radius 3 is 2.58 bits per heavy atom. The standard InChI is InChI=1S/C21H28N6O5S/c1-32-21(29)27(16-7-4-10-26(12-16)20(23)24)13-18(19(22)28)25-33(30,31)17-9-8-14-5-2-3-6-15(14)11-17/h2-3,5-6,8-9,11,16,18,25H,4,7,10,12-13H2,1H3,(H2,22,28)(H3,23,24)/t16-,18?/m1/s1. The summed E-state index contributed by atoms with van der Waals surface area (Å²) in [6.45, 7) is 0.493. The molecule has 178 valence electrons. The van der Waals surface area contributed by atoms with E-state index in [4.69, 9.17) is 21.6 Å². The van der Waals surface area contributed by atoms with E-state index < -0.39 is 34.1 Å². The zero-order chi connectivity index (χ0) is 24.2. The number of carbonyl (C=O) groups is 2. The van der Waals surface area contributed by atoms with Gasteiger partial charge < -0.3 is 26.0 Å². The molecule has 1 aliphatic rings. The summed E-state index contributed by atoms with van der Waals surface area (Å²) in [6, 6.07) is 10.0. The molecule has 2 amide bonds. The molecule has 0 spiro atoms. The molecule has 0 bridgehead atoms. The van der Waals surface area contributed by atoms with Gasteiger partial charge in [0, 0.05) is 19.6 Å². The molecule has 1 saturated heterocycles. The van der Waals surface area contributed by atoms with E-state index >= 15 is 0 Å². The molecule has 0 aliphatic carbocycles. The number of likely N-dealkylation sites (tertiary alicyclic amines) is 1. The number of nitrogens with two attached hydrogens (primary N) is 2. The largest absolute Gasteiger partial charge is 0.453 e. The van der Waals surface area contributed by atoms with Gasteiger partial charge in [-0.3, -0.25) is 10.2 Å². The van der Waals surface area contributed by atoms with Crippen molar-refractivity contribution in [1.82, 2.24) is 14.5 Å². The maximum Gasteiger partial charge on any atom is 0.409 e. The van der Waals surface area contributed by atoms with E-state index in [-0.39, 0.29) is 23.9 Å². The lowest BCUT2D eigenvalue weighted by Crippen LogP contribution is -2.58. The summed E-state index contributed by atoms with van der Waals surface area (Å²) in [5, 5.41) is 9.24. The number of piperidine rings is 1. The van der Waals surface area contributed by atoms with E-state index in [1.807, 2.05) is 12.1 Å². The molecule has 0 saturated carbocycles. The lowest BCUT2D eigenvalue weighted by atomic mass is 10.0. The van der Waals surface area contributed by atoms with Crippen molar-refractivity contribution in [3.05, 3.63) is 42.5 Å². The fourth-order valence-electron chi connectivity index (χ4n) is 3.89. The molecule has 1 unspecified atom stereocenters. The molecule has 1 fully saturated rings. The zero-order valence-electron chi connectivity index (χ0n) is 18.2. The minimum Gasteiger partial charge on any atom is -0.453 e. The Labute approximate surface area is 192 Å². The predicted molar refractivity (Wildman–Crippen MR) is 123 cm³/mol. The van der Waals surface area contributed by atoms with Crippen LogP contribution in [0.3, 0.4) is 0 Å². The number of nitrogens with one attached hydrogen (secondary N) is 2. The van der Waals surface area contributed by atoms with Gasteiger partial charge in [-0.2, -0.15) is 4.72 Å². The Morgan fingerprint density at radius 2 is 1.94 bits per heavy atom. The van der Waals surface area contributed by atoms with Crippen molar-refractivity contribution in [1.29, 1.82) is 5.41 Å². The van der Waals surface area contributed by atoms with Crippen LogP contribution in [0.1, 0.15) is 12.8 Å². The van der Waals surface area contributed by atoms with E-state index in [0.29, 0.717) is 19.4 Å². The van der Waals surface area contributed by atoms with Crippen molar-refractivity contribution in [2.45, 2.75) is 29.8 Å². The van der Waals surface area contributed by atoms with E-state index in [9.17, 15) is 18.0 Å². The predicted octanol–water partition coefficient (Wildman–Crippen LogP) is 0.398. The topological polar surface area (TPSA) is 172 Å². The summed E-state index contributed by atoms with van der Waals surface area (Å²) >= 11 is 0. The highest BCUT2D eigenvalue weighted by Crippen LogP contribution is 2.20. The molecule has 0 aromatic heterocycles. The molecule has 12 heteroatoms. The number of fused-ring (bicyclic) bond motifs is 1. The number of ether oxygens (including phenoxy) is 1. The second-order valence-corrected chi connectivity index (χ2v) is 9.55. The fraction of sp³-hybridized carbons (Fsp3) is 0.381. The van der Waals surface area contributed by atoms with Crippen molar-refractivity contribution in [2.75, 3.05) is 26.7 Å². The number of hydrogen-bond donors (Lipinski definition) is 4. The first kappa shape index (κ1) is 24.3. The first-order chi connectivity index (χ1) is 15.6. The van der Waals surface area contributed by atoms with Crippen molar-refractivity contribution in [3.63, 3.8) is 0 Å². The number of amides is 2. The maximum atomic E-state index is 13.0. The zero-order valence-corrected chi connectivity index (χ0v) is 19.0. The molecule has 1 heterocycles. The smallest absolute Gasteiger partial charge is 0.409 e. The van der Waals surface area contributed by atoms with Gasteiger partial charge in [-0.05, 0) is 35.7 Å². The van der Waals surface area contributed by atoms with Crippen LogP contribution >= 0.6 is 0 Å². The molecular weight excluding hydrogens is 448 g/mol. The minimum atomic E-state index is -4.12. The van der Waals surface area contributed by atoms with Gasteiger partial charge in [0.2, 0.25) is 15.9 Å². The summed E-state index contributed by atoms with van der Waals surface area (Å²) in [5.74, 6) is -1.07. The first-order valence-corrected chi connectivity index (χ1v) is 11.8. The highest BCUT2D eigenvalue weighted by molar-refractivity contribution is 7.89.